The van der Waals surface area contributed by atoms with Gasteiger partial charge in [-0.15, -0.1) is 0 Å². The van der Waals surface area contributed by atoms with Gasteiger partial charge in [-0.25, -0.2) is 0 Å². The number of ether oxygens (including phenoxy) is 2. The van der Waals surface area contributed by atoms with Gasteiger partial charge >= 0.3 is 0 Å². The molecule has 0 aliphatic heterocycles. The van der Waals surface area contributed by atoms with Crippen LogP contribution in [0.5, 0.6) is 11.5 Å². The Morgan fingerprint density at radius 1 is 1.00 bits per heavy atom. The van der Waals surface area contributed by atoms with Crippen molar-refractivity contribution in [3.05, 3.63) is 57.6 Å². The fraction of sp³-hybridized carbons (Fsp3) is 0.400. The van der Waals surface area contributed by atoms with Gasteiger partial charge < -0.3 is 14.8 Å². The lowest BCUT2D eigenvalue weighted by atomic mass is 10.2. The fourth-order valence-electron chi connectivity index (χ4n) is 2.47. The van der Waals surface area contributed by atoms with Crippen molar-refractivity contribution >= 4 is 23.2 Å². The van der Waals surface area contributed by atoms with Gasteiger partial charge in [-0.1, -0.05) is 55.1 Å². The number of unbranched alkanes of at least 4 members (excludes halogenated alkanes) is 2. The molecule has 0 saturated heterocycles. The van der Waals surface area contributed by atoms with E-state index in [1.165, 1.54) is 24.8 Å². The Balaban J connectivity index is 1.94. The topological polar surface area (TPSA) is 30.5 Å². The summed E-state index contributed by atoms with van der Waals surface area (Å²) in [4.78, 5) is 0. The summed E-state index contributed by atoms with van der Waals surface area (Å²) in [5.41, 5.74) is 2.06. The zero-order chi connectivity index (χ0) is 18.1. The van der Waals surface area contributed by atoms with Crippen molar-refractivity contribution in [3.8, 4) is 11.5 Å². The molecule has 2 aromatic carbocycles. The number of halogens is 2. The van der Waals surface area contributed by atoms with E-state index in [2.05, 4.69) is 12.2 Å². The van der Waals surface area contributed by atoms with Crippen LogP contribution in [0.4, 0.5) is 0 Å². The molecule has 0 saturated carbocycles. The molecule has 0 atom stereocenters. The summed E-state index contributed by atoms with van der Waals surface area (Å²) in [6, 6.07) is 11.4. The molecular formula is C20H25Cl2NO2. The minimum absolute atomic E-state index is 0.362. The summed E-state index contributed by atoms with van der Waals surface area (Å²) in [7, 11) is 1.65. The Hall–Kier alpha value is -1.42. The fourth-order valence-corrected chi connectivity index (χ4v) is 2.93. The monoisotopic (exact) mass is 381 g/mol. The largest absolute Gasteiger partial charge is 0.493 e. The molecule has 0 radical (unpaired) electrons. The number of hydrogen-bond acceptors (Lipinski definition) is 3. The number of methoxy groups -OCH3 is 1. The molecule has 25 heavy (non-hydrogen) atoms. The second-order valence-electron chi connectivity index (χ2n) is 5.89. The van der Waals surface area contributed by atoms with Gasteiger partial charge in [0.25, 0.3) is 0 Å². The summed E-state index contributed by atoms with van der Waals surface area (Å²) >= 11 is 12.1. The van der Waals surface area contributed by atoms with E-state index in [0.717, 1.165) is 24.4 Å². The summed E-state index contributed by atoms with van der Waals surface area (Å²) < 4.78 is 11.3. The van der Waals surface area contributed by atoms with Crippen molar-refractivity contribution in [1.29, 1.82) is 0 Å². The van der Waals surface area contributed by atoms with Crippen LogP contribution in [-0.4, -0.2) is 13.7 Å². The van der Waals surface area contributed by atoms with Crippen molar-refractivity contribution in [2.24, 2.45) is 0 Å². The molecule has 0 aliphatic carbocycles. The average Bonchev–Trinajstić information content (AvgIpc) is 2.61. The highest BCUT2D eigenvalue weighted by molar-refractivity contribution is 6.35. The Kier molecular flexibility index (Phi) is 8.39. The molecule has 0 aliphatic rings. The van der Waals surface area contributed by atoms with E-state index in [-0.39, 0.29) is 0 Å². The normalized spacial score (nSPS) is 10.7. The summed E-state index contributed by atoms with van der Waals surface area (Å²) in [5, 5.41) is 4.66. The van der Waals surface area contributed by atoms with Crippen LogP contribution in [-0.2, 0) is 13.2 Å². The summed E-state index contributed by atoms with van der Waals surface area (Å²) in [6.07, 6.45) is 3.70. The van der Waals surface area contributed by atoms with E-state index in [0.29, 0.717) is 22.4 Å². The van der Waals surface area contributed by atoms with Gasteiger partial charge in [0.1, 0.15) is 6.61 Å². The van der Waals surface area contributed by atoms with E-state index < -0.39 is 0 Å². The molecule has 0 unspecified atom stereocenters. The first-order chi connectivity index (χ1) is 12.1. The Bertz CT molecular complexity index is 677. The molecule has 136 valence electrons. The van der Waals surface area contributed by atoms with Crippen LogP contribution < -0.4 is 14.8 Å². The maximum absolute atomic E-state index is 6.18. The zero-order valence-electron chi connectivity index (χ0n) is 14.8. The van der Waals surface area contributed by atoms with E-state index >= 15 is 0 Å². The predicted octanol–water partition coefficient (Wildman–Crippen LogP) is 5.86. The van der Waals surface area contributed by atoms with Crippen molar-refractivity contribution in [3.63, 3.8) is 0 Å². The van der Waals surface area contributed by atoms with Crippen LogP contribution in [0.3, 0.4) is 0 Å². The minimum atomic E-state index is 0.362. The maximum Gasteiger partial charge on any atom is 0.161 e. The van der Waals surface area contributed by atoms with E-state index in [9.17, 15) is 0 Å². The Labute approximate surface area is 160 Å². The molecule has 5 heteroatoms. The van der Waals surface area contributed by atoms with Gasteiger partial charge in [-0.05, 0) is 42.8 Å². The van der Waals surface area contributed by atoms with Crippen molar-refractivity contribution in [1.82, 2.24) is 5.32 Å². The van der Waals surface area contributed by atoms with E-state index in [1.807, 2.05) is 24.3 Å². The van der Waals surface area contributed by atoms with Gasteiger partial charge in [-0.2, -0.15) is 0 Å². The molecule has 0 heterocycles. The number of benzene rings is 2. The molecule has 0 amide bonds. The van der Waals surface area contributed by atoms with Crippen molar-refractivity contribution in [2.45, 2.75) is 39.3 Å². The zero-order valence-corrected chi connectivity index (χ0v) is 16.3. The van der Waals surface area contributed by atoms with Gasteiger partial charge in [0.2, 0.25) is 0 Å². The van der Waals surface area contributed by atoms with E-state index in [1.54, 1.807) is 19.2 Å². The average molecular weight is 382 g/mol. The first kappa shape index (κ1) is 19.9. The van der Waals surface area contributed by atoms with Crippen molar-refractivity contribution < 1.29 is 9.47 Å². The van der Waals surface area contributed by atoms with Gasteiger partial charge in [-0.3, -0.25) is 0 Å². The highest BCUT2D eigenvalue weighted by Gasteiger charge is 2.08. The Morgan fingerprint density at radius 2 is 1.84 bits per heavy atom. The molecule has 2 rings (SSSR count). The lowest BCUT2D eigenvalue weighted by Gasteiger charge is -2.13. The van der Waals surface area contributed by atoms with Gasteiger partial charge in [0, 0.05) is 22.2 Å². The third-order valence-corrected chi connectivity index (χ3v) is 4.50. The van der Waals surface area contributed by atoms with Crippen LogP contribution in [0.15, 0.2) is 36.4 Å². The maximum atomic E-state index is 6.18. The summed E-state index contributed by atoms with van der Waals surface area (Å²) in [6.45, 7) is 4.43. The van der Waals surface area contributed by atoms with Crippen molar-refractivity contribution in [2.75, 3.05) is 13.7 Å². The smallest absolute Gasteiger partial charge is 0.161 e. The highest BCUT2D eigenvalue weighted by atomic mass is 35.5. The number of hydrogen-bond donors (Lipinski definition) is 1. The first-order valence-corrected chi connectivity index (χ1v) is 9.34. The summed E-state index contributed by atoms with van der Waals surface area (Å²) in [5.74, 6) is 1.42. The lowest BCUT2D eigenvalue weighted by molar-refractivity contribution is 0.284. The predicted molar refractivity (Wildman–Crippen MR) is 105 cm³/mol. The molecule has 0 aromatic heterocycles. The second-order valence-corrected chi connectivity index (χ2v) is 6.74. The van der Waals surface area contributed by atoms with Crippen LogP contribution in [0.2, 0.25) is 10.0 Å². The van der Waals surface area contributed by atoms with Crippen LogP contribution in [0, 0.1) is 0 Å². The van der Waals surface area contributed by atoms with Gasteiger partial charge in [0.15, 0.2) is 11.5 Å². The van der Waals surface area contributed by atoms with Gasteiger partial charge in [0.05, 0.1) is 7.11 Å². The molecule has 0 bridgehead atoms. The molecule has 3 nitrogen and oxygen atoms in total. The van der Waals surface area contributed by atoms with Crippen LogP contribution in [0.25, 0.3) is 0 Å². The standard InChI is InChI=1S/C20H25Cl2NO2/c1-3-4-5-10-23-13-15-6-9-19(20(11-15)24-2)25-14-16-7-8-17(21)12-18(16)22/h6-9,11-12,23H,3-5,10,13-14H2,1-2H3. The second kappa shape index (κ2) is 10.5. The third-order valence-electron chi connectivity index (χ3n) is 3.91. The minimum Gasteiger partial charge on any atom is -0.493 e. The van der Waals surface area contributed by atoms with Crippen LogP contribution in [0.1, 0.15) is 37.3 Å². The SMILES string of the molecule is CCCCCNCc1ccc(OCc2ccc(Cl)cc2Cl)c(OC)c1. The molecule has 2 aromatic rings. The van der Waals surface area contributed by atoms with E-state index in [4.69, 9.17) is 32.7 Å². The molecular weight excluding hydrogens is 357 g/mol. The molecule has 0 spiro atoms. The molecule has 0 fully saturated rings. The third kappa shape index (κ3) is 6.43. The Morgan fingerprint density at radius 3 is 2.56 bits per heavy atom. The quantitative estimate of drug-likeness (QED) is 0.522. The lowest BCUT2D eigenvalue weighted by Crippen LogP contribution is -2.14. The first-order valence-electron chi connectivity index (χ1n) is 8.58. The number of rotatable bonds is 10. The molecule has 1 N–H and O–H groups in total. The highest BCUT2D eigenvalue weighted by Crippen LogP contribution is 2.30. The number of nitrogens with one attached hydrogen (secondary N) is 1. The van der Waals surface area contributed by atoms with Crippen LogP contribution >= 0.6 is 23.2 Å².